The van der Waals surface area contributed by atoms with Crippen molar-refractivity contribution in [2.24, 2.45) is 0 Å². The first kappa shape index (κ1) is 30.9. The van der Waals surface area contributed by atoms with Gasteiger partial charge in [-0.1, -0.05) is 54.1 Å². The highest BCUT2D eigenvalue weighted by Crippen LogP contribution is 2.28. The van der Waals surface area contributed by atoms with E-state index in [0.29, 0.717) is 44.0 Å². The second-order valence-electron chi connectivity index (χ2n) is 9.31. The molecule has 0 atom stereocenters. The minimum absolute atomic E-state index is 0.0544. The third-order valence-electron chi connectivity index (χ3n) is 6.59. The summed E-state index contributed by atoms with van der Waals surface area (Å²) in [6.07, 6.45) is 0.399. The van der Waals surface area contributed by atoms with Crippen LogP contribution in [0.2, 0.25) is 5.02 Å². The number of carbonyl (C=O) groups excluding carboxylic acids is 1. The molecule has 1 saturated heterocycles. The summed E-state index contributed by atoms with van der Waals surface area (Å²) in [6.45, 7) is 1.05. The van der Waals surface area contributed by atoms with Gasteiger partial charge in [-0.15, -0.1) is 0 Å². The average molecular weight is 622 g/mol. The van der Waals surface area contributed by atoms with Gasteiger partial charge in [-0.05, 0) is 47.9 Å². The number of rotatable bonds is 12. The number of hydrogen-bond donors (Lipinski definition) is 1. The van der Waals surface area contributed by atoms with Crippen LogP contribution in [0.15, 0.2) is 82.6 Å². The van der Waals surface area contributed by atoms with Crippen LogP contribution in [0.4, 0.5) is 0 Å². The van der Waals surface area contributed by atoms with Crippen LogP contribution in [0.5, 0.6) is 5.75 Å². The first-order chi connectivity index (χ1) is 19.6. The number of hydrogen-bond acceptors (Lipinski definition) is 7. The van der Waals surface area contributed by atoms with E-state index in [4.69, 9.17) is 21.1 Å². The normalized spacial score (nSPS) is 14.6. The topological polar surface area (TPSA) is 122 Å². The van der Waals surface area contributed by atoms with Gasteiger partial charge in [0.2, 0.25) is 26.0 Å². The SMILES string of the molecule is COc1ccc(S(=O)(=O)N(CCc2ccccc2)CC(=O)NCc2ccc(S(=O)(=O)N3CCOCC3)cc2)cc1Cl. The van der Waals surface area contributed by atoms with Gasteiger partial charge in [-0.25, -0.2) is 16.8 Å². The van der Waals surface area contributed by atoms with Crippen LogP contribution < -0.4 is 10.1 Å². The van der Waals surface area contributed by atoms with Gasteiger partial charge < -0.3 is 14.8 Å². The highest BCUT2D eigenvalue weighted by Gasteiger charge is 2.28. The van der Waals surface area contributed by atoms with Crippen molar-refractivity contribution in [3.8, 4) is 5.75 Å². The molecule has 0 aromatic heterocycles. The Labute approximate surface area is 245 Å². The molecule has 0 radical (unpaired) electrons. The molecule has 1 heterocycles. The van der Waals surface area contributed by atoms with Crippen LogP contribution in [0.3, 0.4) is 0 Å². The van der Waals surface area contributed by atoms with E-state index in [2.05, 4.69) is 5.32 Å². The molecule has 0 spiro atoms. The van der Waals surface area contributed by atoms with Crippen LogP contribution in [0.25, 0.3) is 0 Å². The van der Waals surface area contributed by atoms with Gasteiger partial charge in [0.25, 0.3) is 0 Å². The number of halogens is 1. The van der Waals surface area contributed by atoms with Crippen LogP contribution in [0.1, 0.15) is 11.1 Å². The van der Waals surface area contributed by atoms with Crippen molar-refractivity contribution in [3.05, 3.63) is 88.9 Å². The van der Waals surface area contributed by atoms with E-state index in [1.807, 2.05) is 30.3 Å². The van der Waals surface area contributed by atoms with E-state index < -0.39 is 32.5 Å². The Hall–Kier alpha value is -3.00. The van der Waals surface area contributed by atoms with E-state index in [-0.39, 0.29) is 27.9 Å². The summed E-state index contributed by atoms with van der Waals surface area (Å²) in [7, 11) is -6.27. The molecule has 3 aromatic carbocycles. The van der Waals surface area contributed by atoms with Gasteiger partial charge in [0.15, 0.2) is 0 Å². The quantitative estimate of drug-likeness (QED) is 0.330. The molecule has 4 rings (SSSR count). The average Bonchev–Trinajstić information content (AvgIpc) is 2.99. The van der Waals surface area contributed by atoms with Crippen LogP contribution in [0, 0.1) is 0 Å². The third kappa shape index (κ3) is 7.85. The molecule has 3 aromatic rings. The molecular weight excluding hydrogens is 590 g/mol. The standard InChI is InChI=1S/C28H32ClN3O7S2/c1-38-27-12-11-25(19-26(27)29)41(36,37)32(14-13-22-5-3-2-4-6-22)21-28(33)30-20-23-7-9-24(10-8-23)40(34,35)31-15-17-39-18-16-31/h2-12,19H,13-18,20-21H2,1H3,(H,30,33). The highest BCUT2D eigenvalue weighted by molar-refractivity contribution is 7.89. The summed E-state index contributed by atoms with van der Waals surface area (Å²) in [5, 5.41) is 2.87. The van der Waals surface area contributed by atoms with Crippen molar-refractivity contribution >= 4 is 37.6 Å². The fourth-order valence-corrected chi connectivity index (χ4v) is 7.43. The molecule has 0 bridgehead atoms. The smallest absolute Gasteiger partial charge is 0.243 e. The van der Waals surface area contributed by atoms with Gasteiger partial charge in [0.05, 0.1) is 41.7 Å². The maximum absolute atomic E-state index is 13.6. The lowest BCUT2D eigenvalue weighted by atomic mass is 10.1. The van der Waals surface area contributed by atoms with Crippen molar-refractivity contribution < 1.29 is 31.1 Å². The Bertz CT molecular complexity index is 1550. The van der Waals surface area contributed by atoms with E-state index >= 15 is 0 Å². The molecule has 220 valence electrons. The Morgan fingerprint density at radius 1 is 0.951 bits per heavy atom. The minimum atomic E-state index is -4.08. The maximum Gasteiger partial charge on any atom is 0.243 e. The fourth-order valence-electron chi connectivity index (χ4n) is 4.27. The Morgan fingerprint density at radius 3 is 2.24 bits per heavy atom. The van der Waals surface area contributed by atoms with Gasteiger partial charge in [-0.3, -0.25) is 4.79 Å². The molecule has 13 heteroatoms. The van der Waals surface area contributed by atoms with Gasteiger partial charge in [0.1, 0.15) is 5.75 Å². The van der Waals surface area contributed by atoms with Crippen molar-refractivity contribution in [2.45, 2.75) is 22.8 Å². The van der Waals surface area contributed by atoms with E-state index in [0.717, 1.165) is 9.87 Å². The second-order valence-corrected chi connectivity index (χ2v) is 13.6. The molecule has 1 aliphatic rings. The van der Waals surface area contributed by atoms with Crippen LogP contribution in [-0.4, -0.2) is 77.9 Å². The second kappa shape index (κ2) is 13.8. The van der Waals surface area contributed by atoms with Crippen LogP contribution >= 0.6 is 11.6 Å². The minimum Gasteiger partial charge on any atom is -0.495 e. The van der Waals surface area contributed by atoms with Crippen molar-refractivity contribution in [1.82, 2.24) is 13.9 Å². The molecule has 1 fully saturated rings. The molecule has 0 saturated carbocycles. The van der Waals surface area contributed by atoms with Gasteiger partial charge in [-0.2, -0.15) is 8.61 Å². The lowest BCUT2D eigenvalue weighted by molar-refractivity contribution is -0.121. The fraction of sp³-hybridized carbons (Fsp3) is 0.321. The molecule has 41 heavy (non-hydrogen) atoms. The predicted octanol–water partition coefficient (Wildman–Crippen LogP) is 2.92. The lowest BCUT2D eigenvalue weighted by Gasteiger charge is -2.26. The largest absolute Gasteiger partial charge is 0.495 e. The van der Waals surface area contributed by atoms with Gasteiger partial charge in [0, 0.05) is 26.2 Å². The number of ether oxygens (including phenoxy) is 2. The van der Waals surface area contributed by atoms with Crippen molar-refractivity contribution in [3.63, 3.8) is 0 Å². The summed E-state index contributed by atoms with van der Waals surface area (Å²) >= 11 is 6.19. The monoisotopic (exact) mass is 621 g/mol. The zero-order valence-corrected chi connectivity index (χ0v) is 24.9. The molecule has 10 nitrogen and oxygen atoms in total. The van der Waals surface area contributed by atoms with Crippen molar-refractivity contribution in [2.75, 3.05) is 46.5 Å². The molecule has 1 N–H and O–H groups in total. The Balaban J connectivity index is 1.44. The zero-order valence-electron chi connectivity index (χ0n) is 22.5. The Morgan fingerprint density at radius 2 is 1.61 bits per heavy atom. The predicted molar refractivity (Wildman–Crippen MR) is 155 cm³/mol. The molecule has 1 amide bonds. The number of nitrogens with one attached hydrogen (secondary N) is 1. The Kier molecular flexibility index (Phi) is 10.4. The summed E-state index contributed by atoms with van der Waals surface area (Å²) in [5.74, 6) is -0.172. The number of benzene rings is 3. The molecule has 0 unspecified atom stereocenters. The number of amides is 1. The van der Waals surface area contributed by atoms with Gasteiger partial charge >= 0.3 is 0 Å². The zero-order chi connectivity index (χ0) is 29.5. The molecule has 0 aliphatic carbocycles. The summed E-state index contributed by atoms with van der Waals surface area (Å²) in [6, 6.07) is 19.8. The maximum atomic E-state index is 13.6. The number of carbonyl (C=O) groups is 1. The number of methoxy groups -OCH3 is 1. The first-order valence-corrected chi connectivity index (χ1v) is 16.2. The first-order valence-electron chi connectivity index (χ1n) is 12.9. The molecule has 1 aliphatic heterocycles. The van der Waals surface area contributed by atoms with E-state index in [1.165, 1.54) is 41.7 Å². The highest BCUT2D eigenvalue weighted by atomic mass is 35.5. The third-order valence-corrected chi connectivity index (χ3v) is 10.6. The van der Waals surface area contributed by atoms with Crippen LogP contribution in [-0.2, 0) is 42.5 Å². The molecular formula is C28H32ClN3O7S2. The number of sulfonamides is 2. The number of morpholine rings is 1. The van der Waals surface area contributed by atoms with E-state index in [9.17, 15) is 21.6 Å². The summed E-state index contributed by atoms with van der Waals surface area (Å²) < 4.78 is 65.7. The lowest BCUT2D eigenvalue weighted by Crippen LogP contribution is -2.41. The summed E-state index contributed by atoms with van der Waals surface area (Å²) in [4.78, 5) is 13.0. The van der Waals surface area contributed by atoms with Crippen molar-refractivity contribution in [1.29, 1.82) is 0 Å². The van der Waals surface area contributed by atoms with E-state index in [1.54, 1.807) is 12.1 Å². The number of nitrogens with zero attached hydrogens (tertiary/aromatic N) is 2. The summed E-state index contributed by atoms with van der Waals surface area (Å²) in [5.41, 5.74) is 1.59.